The quantitative estimate of drug-likeness (QED) is 0.288. The minimum atomic E-state index is -0.843. The van der Waals surface area contributed by atoms with E-state index in [1.54, 1.807) is 16.7 Å². The normalized spacial score (nSPS) is 16.3. The van der Waals surface area contributed by atoms with Gasteiger partial charge in [-0.15, -0.1) is 0 Å². The molecule has 1 aliphatic carbocycles. The first-order valence-corrected chi connectivity index (χ1v) is 13.8. The number of hydrogen-bond donors (Lipinski definition) is 1. The van der Waals surface area contributed by atoms with Crippen molar-refractivity contribution < 1.29 is 32.6 Å². The van der Waals surface area contributed by atoms with Crippen molar-refractivity contribution in [2.45, 2.75) is 38.5 Å². The average Bonchev–Trinajstić information content (AvgIpc) is 3.77. The summed E-state index contributed by atoms with van der Waals surface area (Å²) < 4.78 is 43.4. The number of anilines is 1. The van der Waals surface area contributed by atoms with Crippen molar-refractivity contribution in [1.82, 2.24) is 9.88 Å². The fourth-order valence-corrected chi connectivity index (χ4v) is 5.16. The van der Waals surface area contributed by atoms with Crippen LogP contribution in [0.3, 0.4) is 0 Å². The van der Waals surface area contributed by atoms with Gasteiger partial charge in [0.1, 0.15) is 29.9 Å². The second-order valence-corrected chi connectivity index (χ2v) is 10.6. The Bertz CT molecular complexity index is 1820. The zero-order chi connectivity index (χ0) is 30.2. The Morgan fingerprint density at radius 2 is 1.74 bits per heavy atom. The highest BCUT2D eigenvalue weighted by molar-refractivity contribution is 5.95. The first kappa shape index (κ1) is 28.1. The lowest BCUT2D eigenvalue weighted by molar-refractivity contribution is -0.119. The number of nitrogens with one attached hydrogen (secondary N) is 1. The van der Waals surface area contributed by atoms with Crippen LogP contribution in [-0.4, -0.2) is 41.7 Å². The molecule has 3 aromatic carbocycles. The Kier molecular flexibility index (Phi) is 7.39. The molecule has 1 aliphatic heterocycles. The van der Waals surface area contributed by atoms with E-state index in [1.165, 1.54) is 36.2 Å². The third-order valence-electron chi connectivity index (χ3n) is 7.50. The van der Waals surface area contributed by atoms with E-state index in [0.29, 0.717) is 5.52 Å². The number of cyclic esters (lactones) is 1. The fourth-order valence-electron chi connectivity index (χ4n) is 5.16. The number of nitrogens with zero attached hydrogens (tertiary/aromatic N) is 2. The number of rotatable bonds is 8. The van der Waals surface area contributed by atoms with Gasteiger partial charge in [-0.3, -0.25) is 14.5 Å². The molecule has 1 saturated heterocycles. The summed E-state index contributed by atoms with van der Waals surface area (Å²) in [4.78, 5) is 51.0. The summed E-state index contributed by atoms with van der Waals surface area (Å²) in [6.07, 6.45) is 1.76. The Morgan fingerprint density at radius 3 is 2.44 bits per heavy atom. The number of pyridine rings is 1. The van der Waals surface area contributed by atoms with Crippen LogP contribution in [0.4, 0.5) is 19.3 Å². The second kappa shape index (κ2) is 11.3. The molecule has 4 aromatic rings. The lowest BCUT2D eigenvalue weighted by atomic mass is 10.0. The third-order valence-corrected chi connectivity index (χ3v) is 7.50. The van der Waals surface area contributed by atoms with Gasteiger partial charge in [-0.1, -0.05) is 30.3 Å². The average molecular weight is 588 g/mol. The van der Waals surface area contributed by atoms with Crippen LogP contribution in [-0.2, 0) is 20.9 Å². The van der Waals surface area contributed by atoms with Crippen LogP contribution in [0.2, 0.25) is 0 Å². The first-order valence-electron chi connectivity index (χ1n) is 13.8. The molecule has 9 nitrogen and oxygen atoms in total. The molecule has 1 aromatic heterocycles. The van der Waals surface area contributed by atoms with Crippen molar-refractivity contribution >= 4 is 34.6 Å². The molecule has 6 rings (SSSR count). The molecule has 1 atom stereocenters. The molecule has 11 heteroatoms. The summed E-state index contributed by atoms with van der Waals surface area (Å²) in [5.74, 6) is -2.70. The van der Waals surface area contributed by atoms with Gasteiger partial charge in [0.05, 0.1) is 24.3 Å². The maximum atomic E-state index is 15.5. The number of aromatic nitrogens is 1. The van der Waals surface area contributed by atoms with Crippen LogP contribution < -0.4 is 15.6 Å². The van der Waals surface area contributed by atoms with Crippen molar-refractivity contribution in [3.63, 3.8) is 0 Å². The Labute approximate surface area is 244 Å². The lowest BCUT2D eigenvalue weighted by Gasteiger charge is -2.16. The SMILES string of the molecule is CC(=O)NC[C@H]1CN(c2ccc(-c3cc4c(cc3F)c(=O)c(C(=O)OCc3ccccc3)cn4C3CC3)c(F)c2)C(=O)O1. The first-order chi connectivity index (χ1) is 20.7. The van der Waals surface area contributed by atoms with Crippen molar-refractivity contribution in [2.24, 2.45) is 0 Å². The van der Waals surface area contributed by atoms with Gasteiger partial charge < -0.3 is 19.4 Å². The largest absolute Gasteiger partial charge is 0.457 e. The van der Waals surface area contributed by atoms with Crippen molar-refractivity contribution in [3.05, 3.63) is 99.8 Å². The van der Waals surface area contributed by atoms with E-state index < -0.39 is 35.2 Å². The molecule has 0 bridgehead atoms. The van der Waals surface area contributed by atoms with Crippen LogP contribution >= 0.6 is 0 Å². The van der Waals surface area contributed by atoms with Gasteiger partial charge in [-0.2, -0.15) is 0 Å². The van der Waals surface area contributed by atoms with Crippen LogP contribution in [0.1, 0.15) is 41.7 Å². The number of fused-ring (bicyclic) bond motifs is 1. The van der Waals surface area contributed by atoms with Gasteiger partial charge >= 0.3 is 12.1 Å². The number of benzene rings is 3. The molecule has 2 amide bonds. The molecule has 0 spiro atoms. The molecule has 2 aliphatic rings. The smallest absolute Gasteiger partial charge is 0.414 e. The highest BCUT2D eigenvalue weighted by atomic mass is 19.1. The van der Waals surface area contributed by atoms with Gasteiger partial charge in [0, 0.05) is 35.7 Å². The second-order valence-electron chi connectivity index (χ2n) is 10.6. The highest BCUT2D eigenvalue weighted by Crippen LogP contribution is 2.39. The van der Waals surface area contributed by atoms with E-state index >= 15 is 8.78 Å². The topological polar surface area (TPSA) is 107 Å². The van der Waals surface area contributed by atoms with Gasteiger partial charge in [0.25, 0.3) is 0 Å². The van der Waals surface area contributed by atoms with Gasteiger partial charge in [-0.05, 0) is 48.7 Å². The van der Waals surface area contributed by atoms with Crippen LogP contribution in [0.15, 0.2) is 71.7 Å². The van der Waals surface area contributed by atoms with Crippen LogP contribution in [0.5, 0.6) is 0 Å². The van der Waals surface area contributed by atoms with Crippen LogP contribution in [0, 0.1) is 11.6 Å². The molecule has 2 heterocycles. The maximum Gasteiger partial charge on any atom is 0.414 e. The summed E-state index contributed by atoms with van der Waals surface area (Å²) >= 11 is 0. The van der Waals surface area contributed by atoms with E-state index in [1.807, 2.05) is 18.2 Å². The number of carbonyl (C=O) groups is 3. The van der Waals surface area contributed by atoms with Crippen molar-refractivity contribution in [2.75, 3.05) is 18.0 Å². The fraction of sp³-hybridized carbons (Fsp3) is 0.250. The maximum absolute atomic E-state index is 15.5. The predicted octanol–water partition coefficient (Wildman–Crippen LogP) is 5.10. The molecular weight excluding hydrogens is 560 g/mol. The number of halogens is 2. The van der Waals surface area contributed by atoms with E-state index in [9.17, 15) is 19.2 Å². The minimum Gasteiger partial charge on any atom is -0.457 e. The number of amides is 2. The minimum absolute atomic E-state index is 0.000856. The molecule has 1 N–H and O–H groups in total. The molecule has 0 radical (unpaired) electrons. The van der Waals surface area contributed by atoms with Crippen LogP contribution in [0.25, 0.3) is 22.0 Å². The van der Waals surface area contributed by atoms with Crippen molar-refractivity contribution in [1.29, 1.82) is 0 Å². The molecular formula is C32H27F2N3O6. The number of esters is 1. The number of hydrogen-bond acceptors (Lipinski definition) is 6. The third kappa shape index (κ3) is 5.70. The molecule has 220 valence electrons. The predicted molar refractivity (Wildman–Crippen MR) is 154 cm³/mol. The summed E-state index contributed by atoms with van der Waals surface area (Å²) in [5.41, 5.74) is 0.334. The molecule has 2 fully saturated rings. The summed E-state index contributed by atoms with van der Waals surface area (Å²) in [6, 6.07) is 15.4. The standard InChI is InChI=1S/C32H27F2N3O6/c1-18(38)35-14-22-15-37(32(41)43-22)21-9-10-23(27(33)11-21)24-13-29-25(12-28(24)34)30(39)26(16-36(29)20-7-8-20)31(40)42-17-19-5-3-2-4-6-19/h2-6,9-13,16,20,22H,7-8,14-15,17H2,1H3,(H,35,38)/t22-/m0/s1. The zero-order valence-corrected chi connectivity index (χ0v) is 23.1. The Morgan fingerprint density at radius 1 is 1.00 bits per heavy atom. The Hall–Kier alpha value is -5.06. The van der Waals surface area contributed by atoms with E-state index in [2.05, 4.69) is 5.32 Å². The monoisotopic (exact) mass is 587 g/mol. The van der Waals surface area contributed by atoms with Gasteiger partial charge in [0.2, 0.25) is 11.3 Å². The van der Waals surface area contributed by atoms with E-state index in [-0.39, 0.29) is 59.4 Å². The lowest BCUT2D eigenvalue weighted by Crippen LogP contribution is -2.33. The van der Waals surface area contributed by atoms with E-state index in [4.69, 9.17) is 9.47 Å². The molecule has 43 heavy (non-hydrogen) atoms. The zero-order valence-electron chi connectivity index (χ0n) is 23.1. The highest BCUT2D eigenvalue weighted by Gasteiger charge is 2.33. The Balaban J connectivity index is 1.31. The number of carbonyl (C=O) groups excluding carboxylic acids is 3. The molecule has 1 saturated carbocycles. The van der Waals surface area contributed by atoms with E-state index in [0.717, 1.165) is 30.5 Å². The van der Waals surface area contributed by atoms with Crippen molar-refractivity contribution in [3.8, 4) is 11.1 Å². The summed E-state index contributed by atoms with van der Waals surface area (Å²) in [6.45, 7) is 1.55. The summed E-state index contributed by atoms with van der Waals surface area (Å²) in [5, 5.41) is 2.57. The summed E-state index contributed by atoms with van der Waals surface area (Å²) in [7, 11) is 0. The molecule has 0 unspecified atom stereocenters. The van der Waals surface area contributed by atoms with Gasteiger partial charge in [0.15, 0.2) is 0 Å². The van der Waals surface area contributed by atoms with Gasteiger partial charge in [-0.25, -0.2) is 18.4 Å². The number of ether oxygens (including phenoxy) is 2.